The predicted octanol–water partition coefficient (Wildman–Crippen LogP) is 3.71. The number of unbranched alkanes of at least 4 members (excludes halogenated alkanes) is 1. The molecule has 2 aromatic rings. The van der Waals surface area contributed by atoms with Gasteiger partial charge in [0.05, 0.1) is 22.2 Å². The van der Waals surface area contributed by atoms with Crippen LogP contribution in [0.5, 0.6) is 0 Å². The Hall–Kier alpha value is -3.47. The number of likely N-dealkylation sites (tertiary alicyclic amines) is 1. The Morgan fingerprint density at radius 3 is 2.59 bits per heavy atom. The Morgan fingerprint density at radius 2 is 1.97 bits per heavy atom. The molecule has 0 bridgehead atoms. The second kappa shape index (κ2) is 13.5. The van der Waals surface area contributed by atoms with Crippen molar-refractivity contribution in [3.8, 4) is 10.4 Å². The summed E-state index contributed by atoms with van der Waals surface area (Å²) in [7, 11) is 0. The molecular weight excluding hydrogens is 518 g/mol. The molecule has 210 valence electrons. The fourth-order valence-corrected chi connectivity index (χ4v) is 5.34. The standard InChI is InChI=1S/C27H37N7O4S/c1-17-23(39-16-30-17)19-10-8-18(9-11-19)14-29-25(37)21-13-20(35)15-34(21)26(38)24(27(2,3)4)32-22(36)7-5-6-12-31-33-28/h8-11,16,20-21,24,35H,5-7,12-15H2,1-4H3,(H,29,37)(H,32,36)/t20?,21?,24-/m1/s1. The van der Waals surface area contributed by atoms with Gasteiger partial charge in [0.15, 0.2) is 0 Å². The van der Waals surface area contributed by atoms with E-state index < -0.39 is 29.5 Å². The molecule has 1 fully saturated rings. The average Bonchev–Trinajstić information content (AvgIpc) is 3.50. The summed E-state index contributed by atoms with van der Waals surface area (Å²) in [6, 6.07) is 6.16. The topological polar surface area (TPSA) is 160 Å². The number of nitrogens with zero attached hydrogens (tertiary/aromatic N) is 5. The van der Waals surface area contributed by atoms with Crippen molar-refractivity contribution in [3.05, 3.63) is 51.5 Å². The summed E-state index contributed by atoms with van der Waals surface area (Å²) in [5, 5.41) is 19.5. The monoisotopic (exact) mass is 555 g/mol. The Balaban J connectivity index is 1.62. The smallest absolute Gasteiger partial charge is 0.246 e. The van der Waals surface area contributed by atoms with Crippen LogP contribution in [0.25, 0.3) is 20.9 Å². The fourth-order valence-electron chi connectivity index (χ4n) is 4.53. The van der Waals surface area contributed by atoms with Gasteiger partial charge in [0, 0.05) is 37.4 Å². The molecule has 2 unspecified atom stereocenters. The molecule has 1 saturated heterocycles. The molecule has 3 rings (SSSR count). The summed E-state index contributed by atoms with van der Waals surface area (Å²) in [5.41, 5.74) is 12.5. The number of β-amino-alcohol motifs (C(OH)–C–C–N with tert-alkyl or cyclic N) is 1. The predicted molar refractivity (Wildman–Crippen MR) is 150 cm³/mol. The number of benzene rings is 1. The van der Waals surface area contributed by atoms with Crippen LogP contribution in [0.2, 0.25) is 0 Å². The quantitative estimate of drug-likeness (QED) is 0.166. The molecule has 39 heavy (non-hydrogen) atoms. The number of amides is 3. The Bertz CT molecular complexity index is 1200. The highest BCUT2D eigenvalue weighted by Gasteiger charge is 2.44. The number of hydrogen-bond donors (Lipinski definition) is 3. The van der Waals surface area contributed by atoms with Crippen molar-refractivity contribution in [1.29, 1.82) is 0 Å². The van der Waals surface area contributed by atoms with Crippen molar-refractivity contribution in [2.45, 2.75) is 78.1 Å². The highest BCUT2D eigenvalue weighted by molar-refractivity contribution is 7.13. The number of thiazole rings is 1. The summed E-state index contributed by atoms with van der Waals surface area (Å²) in [5.74, 6) is -1.04. The summed E-state index contributed by atoms with van der Waals surface area (Å²) in [4.78, 5) is 48.8. The van der Waals surface area contributed by atoms with Crippen LogP contribution < -0.4 is 10.6 Å². The molecule has 1 aliphatic heterocycles. The van der Waals surface area contributed by atoms with Crippen molar-refractivity contribution in [3.63, 3.8) is 0 Å². The summed E-state index contributed by atoms with van der Waals surface area (Å²) < 4.78 is 0. The maximum atomic E-state index is 13.6. The van der Waals surface area contributed by atoms with Gasteiger partial charge in [0.25, 0.3) is 0 Å². The molecule has 11 nitrogen and oxygen atoms in total. The van der Waals surface area contributed by atoms with Gasteiger partial charge in [-0.05, 0) is 41.8 Å². The third kappa shape index (κ3) is 8.26. The number of nitrogens with one attached hydrogen (secondary N) is 2. The van der Waals surface area contributed by atoms with Crippen LogP contribution in [0, 0.1) is 12.3 Å². The molecule has 1 aliphatic rings. The van der Waals surface area contributed by atoms with Crippen molar-refractivity contribution >= 4 is 29.1 Å². The molecule has 0 spiro atoms. The van der Waals surface area contributed by atoms with Gasteiger partial charge < -0.3 is 20.6 Å². The van der Waals surface area contributed by atoms with Crippen LogP contribution in [0.15, 0.2) is 34.9 Å². The summed E-state index contributed by atoms with van der Waals surface area (Å²) in [6.45, 7) is 8.11. The molecule has 3 amide bonds. The largest absolute Gasteiger partial charge is 0.391 e. The number of rotatable bonds is 11. The van der Waals surface area contributed by atoms with Gasteiger partial charge in [0.2, 0.25) is 17.7 Å². The van der Waals surface area contributed by atoms with E-state index in [0.717, 1.165) is 21.7 Å². The zero-order valence-corrected chi connectivity index (χ0v) is 23.7. The van der Waals surface area contributed by atoms with E-state index in [2.05, 4.69) is 25.6 Å². The lowest BCUT2D eigenvalue weighted by atomic mass is 9.85. The lowest BCUT2D eigenvalue weighted by Gasteiger charge is -2.35. The zero-order chi connectivity index (χ0) is 28.6. The van der Waals surface area contributed by atoms with Crippen LogP contribution in [0.3, 0.4) is 0 Å². The molecule has 1 aromatic carbocycles. The van der Waals surface area contributed by atoms with E-state index in [1.54, 1.807) is 11.3 Å². The van der Waals surface area contributed by atoms with E-state index in [1.807, 2.05) is 57.5 Å². The molecule has 1 aromatic heterocycles. The molecule has 0 saturated carbocycles. The van der Waals surface area contributed by atoms with Crippen LogP contribution in [0.1, 0.15) is 57.7 Å². The van der Waals surface area contributed by atoms with Crippen molar-refractivity contribution in [2.24, 2.45) is 10.5 Å². The Labute approximate surface area is 232 Å². The average molecular weight is 556 g/mol. The minimum atomic E-state index is -0.870. The van der Waals surface area contributed by atoms with Crippen LogP contribution in [0.4, 0.5) is 0 Å². The molecular formula is C27H37N7O4S. The van der Waals surface area contributed by atoms with Gasteiger partial charge in [-0.25, -0.2) is 4.98 Å². The highest BCUT2D eigenvalue weighted by Crippen LogP contribution is 2.28. The van der Waals surface area contributed by atoms with E-state index in [1.165, 1.54) is 4.90 Å². The Morgan fingerprint density at radius 1 is 1.26 bits per heavy atom. The van der Waals surface area contributed by atoms with Gasteiger partial charge >= 0.3 is 0 Å². The molecule has 12 heteroatoms. The van der Waals surface area contributed by atoms with E-state index in [-0.39, 0.29) is 37.7 Å². The summed E-state index contributed by atoms with van der Waals surface area (Å²) in [6.07, 6.45) is 0.581. The molecule has 3 atom stereocenters. The van der Waals surface area contributed by atoms with Crippen molar-refractivity contribution < 1.29 is 19.5 Å². The SMILES string of the molecule is Cc1ncsc1-c1ccc(CNC(=O)C2CC(O)CN2C(=O)[C@@H](NC(=O)CCCCN=[N+]=[N-])C(C)(C)C)cc1. The third-order valence-corrected chi connectivity index (χ3v) is 7.66. The van der Waals surface area contributed by atoms with E-state index in [4.69, 9.17) is 5.53 Å². The van der Waals surface area contributed by atoms with Crippen LogP contribution >= 0.6 is 11.3 Å². The second-order valence-corrected chi connectivity index (χ2v) is 11.7. The molecule has 2 heterocycles. The Kier molecular flexibility index (Phi) is 10.4. The number of carbonyl (C=O) groups is 3. The van der Waals surface area contributed by atoms with Gasteiger partial charge in [-0.3, -0.25) is 14.4 Å². The van der Waals surface area contributed by atoms with Gasteiger partial charge in [0.1, 0.15) is 12.1 Å². The van der Waals surface area contributed by atoms with Crippen molar-refractivity contribution in [1.82, 2.24) is 20.5 Å². The van der Waals surface area contributed by atoms with Crippen molar-refractivity contribution in [2.75, 3.05) is 13.1 Å². The minimum Gasteiger partial charge on any atom is -0.391 e. The molecule has 3 N–H and O–H groups in total. The number of carbonyl (C=O) groups excluding carboxylic acids is 3. The minimum absolute atomic E-state index is 0.0223. The maximum Gasteiger partial charge on any atom is 0.246 e. The lowest BCUT2D eigenvalue weighted by Crippen LogP contribution is -2.57. The zero-order valence-electron chi connectivity index (χ0n) is 22.9. The van der Waals surface area contributed by atoms with Crippen LogP contribution in [-0.2, 0) is 20.9 Å². The van der Waals surface area contributed by atoms with E-state index in [9.17, 15) is 19.5 Å². The normalized spacial score (nSPS) is 17.8. The summed E-state index contributed by atoms with van der Waals surface area (Å²) >= 11 is 1.58. The van der Waals surface area contributed by atoms with Gasteiger partial charge in [-0.2, -0.15) is 0 Å². The molecule has 0 aliphatic carbocycles. The number of aliphatic hydroxyl groups is 1. The first-order valence-electron chi connectivity index (χ1n) is 13.1. The number of azide groups is 1. The number of aliphatic hydroxyl groups excluding tert-OH is 1. The first-order valence-corrected chi connectivity index (χ1v) is 13.9. The van der Waals surface area contributed by atoms with Gasteiger partial charge in [-0.15, -0.1) is 11.3 Å². The van der Waals surface area contributed by atoms with E-state index >= 15 is 0 Å². The number of aryl methyl sites for hydroxylation is 1. The van der Waals surface area contributed by atoms with Gasteiger partial charge in [-0.1, -0.05) is 50.2 Å². The second-order valence-electron chi connectivity index (χ2n) is 10.9. The molecule has 0 radical (unpaired) electrons. The number of aromatic nitrogens is 1. The highest BCUT2D eigenvalue weighted by atomic mass is 32.1. The maximum absolute atomic E-state index is 13.6. The van der Waals surface area contributed by atoms with E-state index in [0.29, 0.717) is 19.4 Å². The van der Waals surface area contributed by atoms with Crippen LogP contribution in [-0.4, -0.2) is 64.0 Å². The fraction of sp³-hybridized carbons (Fsp3) is 0.556. The third-order valence-electron chi connectivity index (χ3n) is 6.69. The first kappa shape index (κ1) is 30.1. The lowest BCUT2D eigenvalue weighted by molar-refractivity contribution is -0.144. The number of hydrogen-bond acceptors (Lipinski definition) is 7. The first-order chi connectivity index (χ1) is 18.5.